The number of carbonyl (C=O) groups is 1. The number of amides is 1. The van der Waals surface area contributed by atoms with Crippen molar-refractivity contribution in [2.45, 2.75) is 44.2 Å². The highest BCUT2D eigenvalue weighted by Crippen LogP contribution is 2.47. The number of hydrogen-bond donors (Lipinski definition) is 1. The predicted molar refractivity (Wildman–Crippen MR) is 135 cm³/mol. The van der Waals surface area contributed by atoms with Crippen molar-refractivity contribution in [1.29, 1.82) is 0 Å². The summed E-state index contributed by atoms with van der Waals surface area (Å²) in [5.41, 5.74) is 3.75. The van der Waals surface area contributed by atoms with Gasteiger partial charge in [-0.1, -0.05) is 60.8 Å². The molecule has 2 aromatic carbocycles. The van der Waals surface area contributed by atoms with Crippen molar-refractivity contribution >= 4 is 11.5 Å². The average molecular weight is 476 g/mol. The Labute approximate surface area is 206 Å². The van der Waals surface area contributed by atoms with Gasteiger partial charge < -0.3 is 14.8 Å². The van der Waals surface area contributed by atoms with E-state index in [4.69, 9.17) is 9.47 Å². The molecule has 2 fully saturated rings. The Hall–Kier alpha value is -3.03. The molecule has 7 heteroatoms. The first kappa shape index (κ1) is 23.7. The molecular formula is C28H33N3O4. The van der Waals surface area contributed by atoms with Crippen LogP contribution in [0.25, 0.3) is 5.57 Å². The van der Waals surface area contributed by atoms with E-state index < -0.39 is 6.04 Å². The Morgan fingerprint density at radius 3 is 2.57 bits per heavy atom. The zero-order chi connectivity index (χ0) is 24.0. The normalized spacial score (nSPS) is 21.0. The lowest BCUT2D eigenvalue weighted by Crippen LogP contribution is -2.38. The summed E-state index contributed by atoms with van der Waals surface area (Å²) in [5, 5.41) is 6.65. The van der Waals surface area contributed by atoms with Gasteiger partial charge >= 0.3 is 0 Å². The Kier molecular flexibility index (Phi) is 7.54. The Morgan fingerprint density at radius 1 is 1.06 bits per heavy atom. The van der Waals surface area contributed by atoms with Crippen LogP contribution < -0.4 is 10.1 Å². The summed E-state index contributed by atoms with van der Waals surface area (Å²) in [4.78, 5) is 28.0. The van der Waals surface area contributed by atoms with Gasteiger partial charge in [0, 0.05) is 31.2 Å². The van der Waals surface area contributed by atoms with Gasteiger partial charge in [-0.25, -0.2) is 0 Å². The van der Waals surface area contributed by atoms with Crippen molar-refractivity contribution in [3.63, 3.8) is 0 Å². The van der Waals surface area contributed by atoms with Crippen molar-refractivity contribution < 1.29 is 14.3 Å². The third-order valence-corrected chi connectivity index (χ3v) is 7.26. The number of ether oxygens (including phenoxy) is 2. The maximum atomic E-state index is 13.6. The van der Waals surface area contributed by atoms with Crippen molar-refractivity contribution in [3.8, 4) is 5.75 Å². The minimum atomic E-state index is -0.855. The van der Waals surface area contributed by atoms with Gasteiger partial charge in [-0.3, -0.25) is 9.69 Å². The van der Waals surface area contributed by atoms with Crippen LogP contribution in [0, 0.1) is 4.91 Å². The molecule has 35 heavy (non-hydrogen) atoms. The fraction of sp³-hybridized carbons (Fsp3) is 0.464. The topological polar surface area (TPSA) is 80.2 Å². The second-order valence-corrected chi connectivity index (χ2v) is 9.52. The molecule has 5 rings (SSSR count). The van der Waals surface area contributed by atoms with E-state index in [2.05, 4.69) is 15.4 Å². The molecular weight excluding hydrogens is 442 g/mol. The minimum Gasteiger partial charge on any atom is -0.492 e. The minimum absolute atomic E-state index is 0.149. The largest absolute Gasteiger partial charge is 0.492 e. The smallest absolute Gasteiger partial charge is 0.250 e. The standard InChI is InChI=1S/C28H33N3O4/c32-28(29-21-9-5-2-6-10-21)26-25(20-7-3-1-4-8-20)23-12-11-22(19-24(23)27(26)30-33)35-18-15-31-13-16-34-17-14-31/h1,3-4,7-8,11-12,19,21,27H,2,5-6,9-10,13-18H2,(H,29,32). The van der Waals surface area contributed by atoms with E-state index in [-0.39, 0.29) is 11.9 Å². The number of rotatable bonds is 8. The number of carbonyl (C=O) groups excluding carboxylic acids is 1. The van der Waals surface area contributed by atoms with Crippen molar-refractivity contribution in [1.82, 2.24) is 10.2 Å². The van der Waals surface area contributed by atoms with Gasteiger partial charge in [0.25, 0.3) is 5.91 Å². The van der Waals surface area contributed by atoms with Gasteiger partial charge in [-0.15, -0.1) is 4.91 Å². The molecule has 1 N–H and O–H groups in total. The zero-order valence-corrected chi connectivity index (χ0v) is 20.1. The van der Waals surface area contributed by atoms with Crippen LogP contribution in [0.15, 0.2) is 59.3 Å². The number of hydrogen-bond acceptors (Lipinski definition) is 6. The monoisotopic (exact) mass is 475 g/mol. The van der Waals surface area contributed by atoms with E-state index in [9.17, 15) is 9.70 Å². The molecule has 3 aliphatic rings. The van der Waals surface area contributed by atoms with Crippen LogP contribution in [0.2, 0.25) is 0 Å². The maximum absolute atomic E-state index is 13.6. The lowest BCUT2D eigenvalue weighted by molar-refractivity contribution is -0.118. The number of nitroso groups, excluding NO2 is 1. The average Bonchev–Trinajstić information content (AvgIpc) is 3.24. The van der Waals surface area contributed by atoms with Crippen LogP contribution in [0.1, 0.15) is 54.8 Å². The van der Waals surface area contributed by atoms with E-state index in [0.717, 1.165) is 80.8 Å². The maximum Gasteiger partial charge on any atom is 0.250 e. The quantitative estimate of drug-likeness (QED) is 0.570. The van der Waals surface area contributed by atoms with Gasteiger partial charge in [-0.2, -0.15) is 0 Å². The molecule has 0 aromatic heterocycles. The number of fused-ring (bicyclic) bond motifs is 1. The second-order valence-electron chi connectivity index (χ2n) is 9.52. The molecule has 2 aromatic rings. The molecule has 1 amide bonds. The van der Waals surface area contributed by atoms with E-state index in [1.165, 1.54) is 6.42 Å². The first-order valence-corrected chi connectivity index (χ1v) is 12.7. The van der Waals surface area contributed by atoms with Crippen molar-refractivity contribution in [2.75, 3.05) is 39.5 Å². The van der Waals surface area contributed by atoms with E-state index >= 15 is 0 Å². The molecule has 1 saturated carbocycles. The van der Waals surface area contributed by atoms with Crippen LogP contribution >= 0.6 is 0 Å². The first-order chi connectivity index (χ1) is 17.2. The number of morpholine rings is 1. The van der Waals surface area contributed by atoms with Gasteiger partial charge in [-0.05, 0) is 41.7 Å². The van der Waals surface area contributed by atoms with Crippen LogP contribution in [-0.2, 0) is 9.53 Å². The molecule has 1 atom stereocenters. The molecule has 1 heterocycles. The highest BCUT2D eigenvalue weighted by atomic mass is 16.5. The van der Waals surface area contributed by atoms with Crippen LogP contribution in [0.4, 0.5) is 0 Å². The molecule has 0 radical (unpaired) electrons. The number of nitrogens with zero attached hydrogens (tertiary/aromatic N) is 2. The van der Waals surface area contributed by atoms with Gasteiger partial charge in [0.05, 0.1) is 18.8 Å². The molecule has 0 spiro atoms. The summed E-state index contributed by atoms with van der Waals surface area (Å²) < 4.78 is 11.4. The summed E-state index contributed by atoms with van der Waals surface area (Å²) in [7, 11) is 0. The van der Waals surface area contributed by atoms with Crippen LogP contribution in [-0.4, -0.2) is 56.3 Å². The van der Waals surface area contributed by atoms with Crippen LogP contribution in [0.3, 0.4) is 0 Å². The van der Waals surface area contributed by atoms with Crippen molar-refractivity contribution in [3.05, 3.63) is 75.7 Å². The summed E-state index contributed by atoms with van der Waals surface area (Å²) in [6, 6.07) is 14.9. The highest BCUT2D eigenvalue weighted by Gasteiger charge is 2.38. The van der Waals surface area contributed by atoms with Gasteiger partial charge in [0.15, 0.2) is 0 Å². The SMILES string of the molecule is O=NC1C(C(=O)NC2CCCCC2)=C(c2ccccc2)c2ccc(OCCN3CCOCC3)cc21. The Bertz CT molecular complexity index is 1070. The molecule has 7 nitrogen and oxygen atoms in total. The highest BCUT2D eigenvalue weighted by molar-refractivity contribution is 6.09. The number of nitrogens with one attached hydrogen (secondary N) is 1. The molecule has 0 bridgehead atoms. The van der Waals surface area contributed by atoms with E-state index in [1.807, 2.05) is 48.5 Å². The Morgan fingerprint density at radius 2 is 1.83 bits per heavy atom. The summed E-state index contributed by atoms with van der Waals surface area (Å²) in [5.74, 6) is 0.498. The van der Waals surface area contributed by atoms with E-state index in [1.54, 1.807) is 0 Å². The fourth-order valence-electron chi connectivity index (χ4n) is 5.41. The second kappa shape index (κ2) is 11.1. The summed E-state index contributed by atoms with van der Waals surface area (Å²) in [6.45, 7) is 4.70. The molecule has 1 aliphatic heterocycles. The lowest BCUT2D eigenvalue weighted by Gasteiger charge is -2.26. The third kappa shape index (κ3) is 5.31. The van der Waals surface area contributed by atoms with Crippen LogP contribution in [0.5, 0.6) is 5.75 Å². The zero-order valence-electron chi connectivity index (χ0n) is 20.1. The third-order valence-electron chi connectivity index (χ3n) is 7.26. The molecule has 2 aliphatic carbocycles. The lowest BCUT2D eigenvalue weighted by atomic mass is 9.94. The first-order valence-electron chi connectivity index (χ1n) is 12.7. The van der Waals surface area contributed by atoms with Gasteiger partial charge in [0.2, 0.25) is 0 Å². The molecule has 1 saturated heterocycles. The van der Waals surface area contributed by atoms with E-state index in [0.29, 0.717) is 17.9 Å². The van der Waals surface area contributed by atoms with Gasteiger partial charge in [0.1, 0.15) is 18.4 Å². The molecule has 1 unspecified atom stereocenters. The number of benzene rings is 2. The van der Waals surface area contributed by atoms with Crippen molar-refractivity contribution in [2.24, 2.45) is 5.18 Å². The summed E-state index contributed by atoms with van der Waals surface area (Å²) in [6.07, 6.45) is 5.41. The molecule has 184 valence electrons. The fourth-order valence-corrected chi connectivity index (χ4v) is 5.41. The predicted octanol–water partition coefficient (Wildman–Crippen LogP) is 4.47. The summed E-state index contributed by atoms with van der Waals surface area (Å²) >= 11 is 0. The Balaban J connectivity index is 1.40.